The number of piperazine rings is 1. The van der Waals surface area contributed by atoms with Gasteiger partial charge in [-0.25, -0.2) is 8.42 Å². The number of hydrogen-bond acceptors (Lipinski definition) is 6. The van der Waals surface area contributed by atoms with Crippen molar-refractivity contribution < 1.29 is 22.7 Å². The number of hydrogen-bond donors (Lipinski definition) is 0. The highest BCUT2D eigenvalue weighted by Crippen LogP contribution is 2.29. The van der Waals surface area contributed by atoms with E-state index in [9.17, 15) is 13.2 Å². The van der Waals surface area contributed by atoms with Crippen molar-refractivity contribution in [1.82, 2.24) is 9.21 Å². The van der Waals surface area contributed by atoms with Crippen LogP contribution >= 0.6 is 11.3 Å². The van der Waals surface area contributed by atoms with Gasteiger partial charge in [0.05, 0.1) is 16.9 Å². The van der Waals surface area contributed by atoms with Crippen LogP contribution in [0.2, 0.25) is 0 Å². The van der Waals surface area contributed by atoms with Crippen molar-refractivity contribution in [3.63, 3.8) is 0 Å². The molecule has 1 saturated heterocycles. The summed E-state index contributed by atoms with van der Waals surface area (Å²) < 4.78 is 38.3. The second kappa shape index (κ2) is 9.94. The van der Waals surface area contributed by atoms with E-state index in [1.165, 1.54) is 15.6 Å². The third-order valence-corrected chi connectivity index (χ3v) is 8.36. The first-order chi connectivity index (χ1) is 15.9. The first kappa shape index (κ1) is 23.3. The molecule has 0 spiro atoms. The van der Waals surface area contributed by atoms with Crippen molar-refractivity contribution in [2.75, 3.05) is 33.3 Å². The van der Waals surface area contributed by atoms with Crippen LogP contribution in [0.4, 0.5) is 0 Å². The molecule has 0 radical (unpaired) electrons. The van der Waals surface area contributed by atoms with Gasteiger partial charge in [-0.05, 0) is 48.2 Å². The van der Waals surface area contributed by atoms with E-state index in [0.717, 1.165) is 11.1 Å². The maximum absolute atomic E-state index is 13.0. The van der Waals surface area contributed by atoms with Crippen molar-refractivity contribution in [1.29, 1.82) is 0 Å². The van der Waals surface area contributed by atoms with Gasteiger partial charge < -0.3 is 14.4 Å². The van der Waals surface area contributed by atoms with Crippen LogP contribution in [0.5, 0.6) is 11.5 Å². The van der Waals surface area contributed by atoms with E-state index in [4.69, 9.17) is 9.47 Å². The summed E-state index contributed by atoms with van der Waals surface area (Å²) in [5, 5.41) is 1.91. The molecule has 2 aromatic carbocycles. The van der Waals surface area contributed by atoms with Crippen LogP contribution in [0.1, 0.15) is 20.8 Å². The molecule has 0 aliphatic carbocycles. The van der Waals surface area contributed by atoms with Crippen LogP contribution in [0, 0.1) is 6.92 Å². The van der Waals surface area contributed by atoms with Crippen LogP contribution < -0.4 is 9.47 Å². The first-order valence-electron chi connectivity index (χ1n) is 10.6. The van der Waals surface area contributed by atoms with Gasteiger partial charge in [0.15, 0.2) is 11.5 Å². The second-order valence-corrected chi connectivity index (χ2v) is 10.6. The number of thiophene rings is 1. The third kappa shape index (κ3) is 5.21. The van der Waals surface area contributed by atoms with Gasteiger partial charge >= 0.3 is 0 Å². The molecule has 0 atom stereocenters. The van der Waals surface area contributed by atoms with Crippen LogP contribution in [-0.4, -0.2) is 56.8 Å². The van der Waals surface area contributed by atoms with E-state index < -0.39 is 10.0 Å². The number of rotatable bonds is 7. The molecule has 1 aliphatic rings. The molecule has 0 saturated carbocycles. The van der Waals surface area contributed by atoms with E-state index in [-0.39, 0.29) is 23.9 Å². The van der Waals surface area contributed by atoms with Crippen molar-refractivity contribution in [3.8, 4) is 11.5 Å². The normalized spacial score (nSPS) is 14.8. The predicted octanol–water partition coefficient (Wildman–Crippen LogP) is 3.79. The third-order valence-electron chi connectivity index (χ3n) is 5.48. The van der Waals surface area contributed by atoms with Gasteiger partial charge in [-0.3, -0.25) is 4.79 Å². The number of benzene rings is 2. The fourth-order valence-corrected chi connectivity index (χ4v) is 5.95. The molecule has 7 nitrogen and oxygen atoms in total. The number of carbonyl (C=O) groups is 1. The molecule has 0 unspecified atom stereocenters. The largest absolute Gasteiger partial charge is 0.493 e. The molecule has 2 heterocycles. The summed E-state index contributed by atoms with van der Waals surface area (Å²) in [4.78, 5) is 15.6. The fraction of sp³-hybridized carbons (Fsp3) is 0.292. The molecule has 33 heavy (non-hydrogen) atoms. The average Bonchev–Trinajstić information content (AvgIpc) is 3.32. The summed E-state index contributed by atoms with van der Waals surface area (Å²) >= 11 is 1.37. The van der Waals surface area contributed by atoms with E-state index in [1.807, 2.05) is 36.6 Å². The van der Waals surface area contributed by atoms with Crippen LogP contribution in [-0.2, 0) is 16.6 Å². The number of ether oxygens (including phenoxy) is 2. The molecule has 3 aromatic rings. The average molecular weight is 487 g/mol. The molecule has 174 valence electrons. The maximum Gasteiger partial charge on any atom is 0.264 e. The predicted molar refractivity (Wildman–Crippen MR) is 127 cm³/mol. The molecular formula is C24H26N2O5S2. The zero-order valence-corrected chi connectivity index (χ0v) is 20.2. The highest BCUT2D eigenvalue weighted by atomic mass is 32.2. The monoisotopic (exact) mass is 486 g/mol. The summed E-state index contributed by atoms with van der Waals surface area (Å²) in [5.41, 5.74) is 1.98. The van der Waals surface area contributed by atoms with Gasteiger partial charge in [-0.1, -0.05) is 24.3 Å². The van der Waals surface area contributed by atoms with E-state index in [0.29, 0.717) is 36.1 Å². The highest BCUT2D eigenvalue weighted by Gasteiger charge is 2.30. The summed E-state index contributed by atoms with van der Waals surface area (Å²) in [5.74, 6) is 1.23. The first-order valence-corrected chi connectivity index (χ1v) is 12.9. The number of carbonyl (C=O) groups excluding carboxylic acids is 1. The van der Waals surface area contributed by atoms with Crippen molar-refractivity contribution in [3.05, 3.63) is 76.0 Å². The van der Waals surface area contributed by atoms with Gasteiger partial charge in [0.2, 0.25) is 10.0 Å². The lowest BCUT2D eigenvalue weighted by Gasteiger charge is -2.33. The standard InChI is InChI=1S/C24H26N2O5S2/c1-18-8-9-21(22(14-18)30-2)31-16-19-15-23(32-17-19)24(27)25-10-12-26(13-11-25)33(28,29)20-6-4-3-5-7-20/h3-9,14-15,17H,10-13,16H2,1-2H3. The number of sulfonamides is 1. The Labute approximate surface area is 198 Å². The Morgan fingerprint density at radius 2 is 1.73 bits per heavy atom. The minimum Gasteiger partial charge on any atom is -0.493 e. The number of nitrogens with zero attached hydrogens (tertiary/aromatic N) is 2. The number of methoxy groups -OCH3 is 1. The molecule has 0 N–H and O–H groups in total. The number of aryl methyl sites for hydroxylation is 1. The van der Waals surface area contributed by atoms with Crippen LogP contribution in [0.25, 0.3) is 0 Å². The molecule has 4 rings (SSSR count). The Morgan fingerprint density at radius 3 is 2.42 bits per heavy atom. The Bertz CT molecular complexity index is 1220. The fourth-order valence-electron chi connectivity index (χ4n) is 3.65. The molecule has 1 amide bonds. The van der Waals surface area contributed by atoms with E-state index in [2.05, 4.69) is 0 Å². The van der Waals surface area contributed by atoms with Crippen molar-refractivity contribution in [2.24, 2.45) is 0 Å². The lowest BCUT2D eigenvalue weighted by atomic mass is 10.2. The van der Waals surface area contributed by atoms with E-state index in [1.54, 1.807) is 42.3 Å². The van der Waals surface area contributed by atoms with Gasteiger partial charge in [-0.2, -0.15) is 4.31 Å². The summed E-state index contributed by atoms with van der Waals surface area (Å²) in [7, 11) is -1.94. The zero-order valence-electron chi connectivity index (χ0n) is 18.6. The summed E-state index contributed by atoms with van der Waals surface area (Å²) in [6, 6.07) is 16.0. The topological polar surface area (TPSA) is 76.2 Å². The lowest BCUT2D eigenvalue weighted by Crippen LogP contribution is -2.50. The Hall–Kier alpha value is -2.88. The Kier molecular flexibility index (Phi) is 7.02. The summed E-state index contributed by atoms with van der Waals surface area (Å²) in [6.45, 7) is 3.58. The highest BCUT2D eigenvalue weighted by molar-refractivity contribution is 7.89. The minimum atomic E-state index is -3.54. The quantitative estimate of drug-likeness (QED) is 0.508. The summed E-state index contributed by atoms with van der Waals surface area (Å²) in [6.07, 6.45) is 0. The maximum atomic E-state index is 13.0. The van der Waals surface area contributed by atoms with Gasteiger partial charge in [0.1, 0.15) is 6.61 Å². The molecule has 0 bridgehead atoms. The number of amides is 1. The second-order valence-electron chi connectivity index (χ2n) is 7.77. The van der Waals surface area contributed by atoms with Crippen LogP contribution in [0.15, 0.2) is 64.9 Å². The van der Waals surface area contributed by atoms with Gasteiger partial charge in [-0.15, -0.1) is 11.3 Å². The zero-order chi connectivity index (χ0) is 23.4. The smallest absolute Gasteiger partial charge is 0.264 e. The lowest BCUT2D eigenvalue weighted by molar-refractivity contribution is 0.0702. The van der Waals surface area contributed by atoms with Crippen molar-refractivity contribution >= 4 is 27.3 Å². The Balaban J connectivity index is 1.35. The molecule has 1 fully saturated rings. The molecule has 1 aliphatic heterocycles. The molecule has 1 aromatic heterocycles. The molecule has 9 heteroatoms. The SMILES string of the molecule is COc1cc(C)ccc1OCc1csc(C(=O)N2CCN(S(=O)(=O)c3ccccc3)CC2)c1. The molecular weight excluding hydrogens is 460 g/mol. The van der Waals surface area contributed by atoms with Crippen LogP contribution in [0.3, 0.4) is 0 Å². The minimum absolute atomic E-state index is 0.0871. The van der Waals surface area contributed by atoms with E-state index >= 15 is 0 Å². The Morgan fingerprint density at radius 1 is 1.00 bits per heavy atom. The van der Waals surface area contributed by atoms with Gasteiger partial charge in [0.25, 0.3) is 5.91 Å². The van der Waals surface area contributed by atoms with Gasteiger partial charge in [0, 0.05) is 31.7 Å². The van der Waals surface area contributed by atoms with Crippen molar-refractivity contribution in [2.45, 2.75) is 18.4 Å².